The molecule has 23 heavy (non-hydrogen) atoms. The van der Waals surface area contributed by atoms with Crippen molar-refractivity contribution in [3.63, 3.8) is 0 Å². The molecule has 0 aliphatic rings. The molecule has 2 atom stereocenters. The van der Waals surface area contributed by atoms with Crippen molar-refractivity contribution < 1.29 is 24.8 Å². The molecule has 2 aromatic rings. The lowest BCUT2D eigenvalue weighted by Gasteiger charge is -2.10. The number of aromatic hydroxyl groups is 1. The molecule has 0 radical (unpaired) electrons. The van der Waals surface area contributed by atoms with Gasteiger partial charge in [-0.15, -0.1) is 5.73 Å². The maximum Gasteiger partial charge on any atom is 0.132 e. The van der Waals surface area contributed by atoms with E-state index in [0.717, 1.165) is 0 Å². The monoisotopic (exact) mass is 316 g/mol. The first-order valence-corrected chi connectivity index (χ1v) is 7.33. The van der Waals surface area contributed by atoms with Gasteiger partial charge in [-0.25, -0.2) is 0 Å². The summed E-state index contributed by atoms with van der Waals surface area (Å²) in [5.74, 6) is 0.458. The second kappa shape index (κ2) is 8.36. The van der Waals surface area contributed by atoms with Crippen LogP contribution in [0.2, 0.25) is 0 Å². The second-order valence-electron chi connectivity index (χ2n) is 5.16. The minimum atomic E-state index is -0.862. The van der Waals surface area contributed by atoms with Gasteiger partial charge >= 0.3 is 0 Å². The van der Waals surface area contributed by atoms with E-state index in [2.05, 4.69) is 5.73 Å². The highest BCUT2D eigenvalue weighted by molar-refractivity contribution is 5.33. The summed E-state index contributed by atoms with van der Waals surface area (Å²) in [4.78, 5) is 0. The summed E-state index contributed by atoms with van der Waals surface area (Å²) in [6.45, 7) is -0.249. The average Bonchev–Trinajstić information content (AvgIpc) is 3.08. The molecule has 2 rings (SSSR count). The van der Waals surface area contributed by atoms with E-state index in [0.29, 0.717) is 16.9 Å². The van der Waals surface area contributed by atoms with Crippen molar-refractivity contribution in [2.75, 3.05) is 6.61 Å². The van der Waals surface area contributed by atoms with Crippen molar-refractivity contribution in [2.45, 2.75) is 25.0 Å². The molecule has 0 aliphatic carbocycles. The van der Waals surface area contributed by atoms with Gasteiger partial charge in [0.2, 0.25) is 0 Å². The highest BCUT2D eigenvalue weighted by Gasteiger charge is 2.13. The van der Waals surface area contributed by atoms with Gasteiger partial charge in [0.1, 0.15) is 17.6 Å². The standard InChI is InChI=1S/C18H20O5/c19-12-13(11-17(22)18-9-4-10-23-18)5-3-8-16(21)14-6-1-2-7-15(14)20/h1-4,6-7,9-10,16-17,19-22H,8,11-12H2/t5?,16-,17-/m1/s1. The van der Waals surface area contributed by atoms with Crippen LogP contribution in [0.5, 0.6) is 5.75 Å². The Hall–Kier alpha value is -2.30. The molecule has 5 heteroatoms. The topological polar surface area (TPSA) is 94.1 Å². The zero-order valence-corrected chi connectivity index (χ0v) is 12.6. The van der Waals surface area contributed by atoms with Gasteiger partial charge in [0.25, 0.3) is 0 Å². The summed E-state index contributed by atoms with van der Waals surface area (Å²) < 4.78 is 5.10. The lowest BCUT2D eigenvalue weighted by atomic mass is 10.0. The predicted octanol–water partition coefficient (Wildman–Crippen LogP) is 2.61. The molecule has 0 saturated carbocycles. The van der Waals surface area contributed by atoms with E-state index < -0.39 is 12.2 Å². The molecule has 4 N–H and O–H groups in total. The third-order valence-corrected chi connectivity index (χ3v) is 3.45. The van der Waals surface area contributed by atoms with E-state index in [1.807, 2.05) is 0 Å². The Kier molecular flexibility index (Phi) is 6.20. The summed E-state index contributed by atoms with van der Waals surface area (Å²) in [6.07, 6.45) is 1.76. The maximum absolute atomic E-state index is 10.1. The first-order chi connectivity index (χ1) is 11.1. The Morgan fingerprint density at radius 1 is 1.13 bits per heavy atom. The van der Waals surface area contributed by atoms with E-state index in [-0.39, 0.29) is 25.2 Å². The number of hydrogen-bond donors (Lipinski definition) is 4. The molecule has 0 spiro atoms. The largest absolute Gasteiger partial charge is 0.508 e. The van der Waals surface area contributed by atoms with Crippen LogP contribution in [0.3, 0.4) is 0 Å². The Morgan fingerprint density at radius 3 is 2.57 bits per heavy atom. The van der Waals surface area contributed by atoms with Crippen molar-refractivity contribution in [3.8, 4) is 5.75 Å². The predicted molar refractivity (Wildman–Crippen MR) is 84.7 cm³/mol. The van der Waals surface area contributed by atoms with Crippen molar-refractivity contribution in [3.05, 3.63) is 71.4 Å². The number of para-hydroxylation sites is 1. The number of phenolic OH excluding ortho intramolecular Hbond substituents is 1. The molecule has 0 fully saturated rings. The van der Waals surface area contributed by atoms with Crippen LogP contribution in [0, 0.1) is 0 Å². The summed E-state index contributed by atoms with van der Waals surface area (Å²) in [7, 11) is 0. The number of rotatable bonds is 7. The third kappa shape index (κ3) is 4.84. The van der Waals surface area contributed by atoms with Crippen LogP contribution in [0.1, 0.15) is 36.4 Å². The molecule has 0 amide bonds. The van der Waals surface area contributed by atoms with E-state index in [4.69, 9.17) is 4.42 Å². The summed E-state index contributed by atoms with van der Waals surface area (Å²) in [6, 6.07) is 9.91. The zero-order chi connectivity index (χ0) is 16.7. The fourth-order valence-corrected chi connectivity index (χ4v) is 2.20. The van der Waals surface area contributed by atoms with Gasteiger partial charge in [0, 0.05) is 18.4 Å². The van der Waals surface area contributed by atoms with Gasteiger partial charge in [-0.2, -0.15) is 0 Å². The van der Waals surface area contributed by atoms with E-state index in [9.17, 15) is 20.4 Å². The fraction of sp³-hybridized carbons (Fsp3) is 0.278. The van der Waals surface area contributed by atoms with Crippen LogP contribution in [0.4, 0.5) is 0 Å². The molecule has 0 aliphatic heterocycles. The normalized spacial score (nSPS) is 13.2. The van der Waals surface area contributed by atoms with Crippen molar-refractivity contribution in [1.82, 2.24) is 0 Å². The molecule has 1 aromatic carbocycles. The molecule has 0 unspecified atom stereocenters. The highest BCUT2D eigenvalue weighted by atomic mass is 16.4. The fourth-order valence-electron chi connectivity index (χ4n) is 2.20. The summed E-state index contributed by atoms with van der Waals surface area (Å²) in [5, 5.41) is 39.0. The SMILES string of the molecule is OCC(=C=CC[C@@H](O)c1ccccc1O)C[C@@H](O)c1ccco1. The maximum atomic E-state index is 10.1. The first kappa shape index (κ1) is 17.1. The number of aliphatic hydroxyl groups is 3. The van der Waals surface area contributed by atoms with Crippen LogP contribution < -0.4 is 0 Å². The van der Waals surface area contributed by atoms with E-state index in [1.165, 1.54) is 12.3 Å². The van der Waals surface area contributed by atoms with Gasteiger partial charge in [0.15, 0.2) is 0 Å². The van der Waals surface area contributed by atoms with Crippen LogP contribution in [0.15, 0.2) is 64.5 Å². The zero-order valence-electron chi connectivity index (χ0n) is 12.6. The molecule has 122 valence electrons. The lowest BCUT2D eigenvalue weighted by Crippen LogP contribution is -2.00. The lowest BCUT2D eigenvalue weighted by molar-refractivity contribution is 0.145. The highest BCUT2D eigenvalue weighted by Crippen LogP contribution is 2.26. The van der Waals surface area contributed by atoms with Crippen molar-refractivity contribution >= 4 is 0 Å². The number of hydrogen-bond acceptors (Lipinski definition) is 5. The Bertz CT molecular complexity index is 668. The number of furan rings is 1. The third-order valence-electron chi connectivity index (χ3n) is 3.45. The quantitative estimate of drug-likeness (QED) is 0.589. The molecule has 1 heterocycles. The van der Waals surface area contributed by atoms with Crippen LogP contribution in [-0.4, -0.2) is 27.0 Å². The van der Waals surface area contributed by atoms with E-state index >= 15 is 0 Å². The molecule has 0 saturated heterocycles. The van der Waals surface area contributed by atoms with Crippen molar-refractivity contribution in [2.24, 2.45) is 0 Å². The van der Waals surface area contributed by atoms with Gasteiger partial charge in [-0.1, -0.05) is 18.2 Å². The smallest absolute Gasteiger partial charge is 0.132 e. The van der Waals surface area contributed by atoms with Gasteiger partial charge in [-0.05, 0) is 29.8 Å². The molecule has 0 bridgehead atoms. The van der Waals surface area contributed by atoms with Crippen LogP contribution in [0.25, 0.3) is 0 Å². The Morgan fingerprint density at radius 2 is 1.91 bits per heavy atom. The molecule has 1 aromatic heterocycles. The first-order valence-electron chi connectivity index (χ1n) is 7.33. The summed E-state index contributed by atoms with van der Waals surface area (Å²) in [5.41, 5.74) is 3.82. The van der Waals surface area contributed by atoms with E-state index in [1.54, 1.807) is 36.4 Å². The van der Waals surface area contributed by atoms with Crippen LogP contribution in [-0.2, 0) is 0 Å². The molecular formula is C18H20O5. The number of phenols is 1. The summed E-state index contributed by atoms with van der Waals surface area (Å²) >= 11 is 0. The van der Waals surface area contributed by atoms with Gasteiger partial charge < -0.3 is 24.8 Å². The minimum Gasteiger partial charge on any atom is -0.508 e. The van der Waals surface area contributed by atoms with Crippen LogP contribution >= 0.6 is 0 Å². The number of benzene rings is 1. The number of aliphatic hydroxyl groups excluding tert-OH is 3. The van der Waals surface area contributed by atoms with Gasteiger partial charge in [0.05, 0.1) is 19.0 Å². The molecular weight excluding hydrogens is 296 g/mol. The molecule has 5 nitrogen and oxygen atoms in total. The minimum absolute atomic E-state index is 0.0352. The second-order valence-corrected chi connectivity index (χ2v) is 5.16. The van der Waals surface area contributed by atoms with Crippen molar-refractivity contribution in [1.29, 1.82) is 0 Å². The average molecular weight is 316 g/mol. The van der Waals surface area contributed by atoms with Gasteiger partial charge in [-0.3, -0.25) is 0 Å². The Labute approximate surface area is 134 Å². The Balaban J connectivity index is 2.00.